The van der Waals surface area contributed by atoms with Crippen molar-refractivity contribution in [3.63, 3.8) is 0 Å². The van der Waals surface area contributed by atoms with Gasteiger partial charge in [-0.1, -0.05) is 48.5 Å². The van der Waals surface area contributed by atoms with Gasteiger partial charge in [-0.3, -0.25) is 0 Å². The molecule has 0 saturated carbocycles. The van der Waals surface area contributed by atoms with Gasteiger partial charge in [-0.25, -0.2) is 8.78 Å². The predicted molar refractivity (Wildman–Crippen MR) is 61.6 cm³/mol. The van der Waals surface area contributed by atoms with E-state index in [4.69, 9.17) is 0 Å². The second-order valence-corrected chi connectivity index (χ2v) is 3.74. The van der Waals surface area contributed by atoms with Gasteiger partial charge in [-0.2, -0.15) is 0 Å². The maximum Gasteiger partial charge on any atom is 0.263 e. The van der Waals surface area contributed by atoms with Crippen molar-refractivity contribution >= 4 is 0 Å². The van der Waals surface area contributed by atoms with Gasteiger partial charge in [0, 0.05) is 5.56 Å². The highest BCUT2D eigenvalue weighted by Crippen LogP contribution is 2.26. The van der Waals surface area contributed by atoms with Crippen LogP contribution in [0.1, 0.15) is 17.6 Å². The van der Waals surface area contributed by atoms with Crippen LogP contribution in [0.2, 0.25) is 0 Å². The average molecular weight is 218 g/mol. The first kappa shape index (κ1) is 10.8. The molecule has 82 valence electrons. The number of benzene rings is 2. The Hall–Kier alpha value is -1.70. The molecule has 0 radical (unpaired) electrons. The summed E-state index contributed by atoms with van der Waals surface area (Å²) in [7, 11) is 0. The smallest absolute Gasteiger partial charge is 0.205 e. The molecule has 16 heavy (non-hydrogen) atoms. The third kappa shape index (κ3) is 2.11. The molecule has 2 rings (SSSR count). The molecular formula is C14H12F2. The van der Waals surface area contributed by atoms with Gasteiger partial charge in [-0.05, 0) is 23.6 Å². The van der Waals surface area contributed by atoms with Crippen LogP contribution in [0.3, 0.4) is 0 Å². The van der Waals surface area contributed by atoms with Gasteiger partial charge in [0.25, 0.3) is 6.43 Å². The van der Waals surface area contributed by atoms with Crippen LogP contribution in [0.25, 0.3) is 11.1 Å². The minimum absolute atomic E-state index is 0.0670. The molecule has 0 spiro atoms. The zero-order valence-corrected chi connectivity index (χ0v) is 8.95. The normalized spacial score (nSPS) is 10.8. The maximum atomic E-state index is 12.4. The van der Waals surface area contributed by atoms with E-state index >= 15 is 0 Å². The average Bonchev–Trinajstić information content (AvgIpc) is 2.30. The minimum Gasteiger partial charge on any atom is -0.205 e. The number of hydrogen-bond acceptors (Lipinski definition) is 0. The number of hydrogen-bond donors (Lipinski definition) is 0. The number of alkyl halides is 2. The number of rotatable bonds is 2. The third-order valence-electron chi connectivity index (χ3n) is 2.62. The Morgan fingerprint density at radius 2 is 1.50 bits per heavy atom. The van der Waals surface area contributed by atoms with Gasteiger partial charge in [0.05, 0.1) is 0 Å². The first-order valence-electron chi connectivity index (χ1n) is 5.12. The molecule has 0 saturated heterocycles. The Bertz CT molecular complexity index is 472. The first-order valence-corrected chi connectivity index (χ1v) is 5.12. The molecule has 2 aromatic rings. The number of aryl methyl sites for hydroxylation is 1. The van der Waals surface area contributed by atoms with Crippen molar-refractivity contribution in [3.05, 3.63) is 59.7 Å². The summed E-state index contributed by atoms with van der Waals surface area (Å²) in [5.74, 6) is 0. The summed E-state index contributed by atoms with van der Waals surface area (Å²) in [6.07, 6.45) is -2.40. The Labute approximate surface area is 93.5 Å². The minimum atomic E-state index is -2.40. The lowest BCUT2D eigenvalue weighted by Crippen LogP contribution is -1.86. The SMILES string of the molecule is Cc1ccccc1-c1ccc(C(F)F)cc1. The van der Waals surface area contributed by atoms with Crippen molar-refractivity contribution in [2.24, 2.45) is 0 Å². The van der Waals surface area contributed by atoms with Gasteiger partial charge in [0.15, 0.2) is 0 Å². The Balaban J connectivity index is 2.39. The van der Waals surface area contributed by atoms with Crippen LogP contribution in [0, 0.1) is 6.92 Å². The number of halogens is 2. The van der Waals surface area contributed by atoms with E-state index in [-0.39, 0.29) is 5.56 Å². The van der Waals surface area contributed by atoms with Crippen LogP contribution in [0.15, 0.2) is 48.5 Å². The summed E-state index contributed by atoms with van der Waals surface area (Å²) in [5, 5.41) is 0. The highest BCUT2D eigenvalue weighted by Gasteiger charge is 2.07. The fourth-order valence-corrected chi connectivity index (χ4v) is 1.70. The first-order chi connectivity index (χ1) is 7.68. The third-order valence-corrected chi connectivity index (χ3v) is 2.62. The lowest BCUT2D eigenvalue weighted by molar-refractivity contribution is 0.151. The zero-order chi connectivity index (χ0) is 11.5. The quantitative estimate of drug-likeness (QED) is 0.691. The molecule has 0 amide bonds. The van der Waals surface area contributed by atoms with Crippen LogP contribution in [0.5, 0.6) is 0 Å². The molecular weight excluding hydrogens is 206 g/mol. The summed E-state index contributed by atoms with van der Waals surface area (Å²) in [6.45, 7) is 2.01. The summed E-state index contributed by atoms with van der Waals surface area (Å²) < 4.78 is 24.8. The lowest BCUT2D eigenvalue weighted by atomic mass is 10.00. The van der Waals surface area contributed by atoms with Crippen molar-refractivity contribution in [1.82, 2.24) is 0 Å². The van der Waals surface area contributed by atoms with E-state index in [1.807, 2.05) is 31.2 Å². The molecule has 0 bridgehead atoms. The second-order valence-electron chi connectivity index (χ2n) is 3.74. The summed E-state index contributed by atoms with van der Waals surface area (Å²) >= 11 is 0. The van der Waals surface area contributed by atoms with E-state index in [0.717, 1.165) is 16.7 Å². The summed E-state index contributed by atoms with van der Waals surface area (Å²) in [5.41, 5.74) is 3.27. The molecule has 0 aromatic heterocycles. The van der Waals surface area contributed by atoms with Crippen molar-refractivity contribution in [1.29, 1.82) is 0 Å². The van der Waals surface area contributed by atoms with E-state index in [1.165, 1.54) is 12.1 Å². The van der Waals surface area contributed by atoms with Crippen molar-refractivity contribution in [3.8, 4) is 11.1 Å². The standard InChI is InChI=1S/C14H12F2/c1-10-4-2-3-5-13(10)11-6-8-12(9-7-11)14(15)16/h2-9,14H,1H3. The highest BCUT2D eigenvalue weighted by atomic mass is 19.3. The fraction of sp³-hybridized carbons (Fsp3) is 0.143. The maximum absolute atomic E-state index is 12.4. The molecule has 2 heteroatoms. The Morgan fingerprint density at radius 3 is 2.06 bits per heavy atom. The summed E-state index contributed by atoms with van der Waals surface area (Å²) in [4.78, 5) is 0. The Kier molecular flexibility index (Phi) is 3.00. The molecule has 0 aliphatic heterocycles. The largest absolute Gasteiger partial charge is 0.263 e. The summed E-state index contributed by atoms with van der Waals surface area (Å²) in [6, 6.07) is 14.4. The van der Waals surface area contributed by atoms with Gasteiger partial charge >= 0.3 is 0 Å². The van der Waals surface area contributed by atoms with E-state index in [1.54, 1.807) is 12.1 Å². The molecule has 0 aliphatic rings. The molecule has 0 aliphatic carbocycles. The van der Waals surface area contributed by atoms with Crippen LogP contribution < -0.4 is 0 Å². The van der Waals surface area contributed by atoms with Gasteiger partial charge in [0.2, 0.25) is 0 Å². The van der Waals surface area contributed by atoms with Crippen LogP contribution in [-0.4, -0.2) is 0 Å². The second kappa shape index (κ2) is 4.44. The molecule has 0 N–H and O–H groups in total. The van der Waals surface area contributed by atoms with Gasteiger partial charge < -0.3 is 0 Å². The van der Waals surface area contributed by atoms with E-state index in [9.17, 15) is 8.78 Å². The van der Waals surface area contributed by atoms with E-state index in [0.29, 0.717) is 0 Å². The van der Waals surface area contributed by atoms with E-state index < -0.39 is 6.43 Å². The molecule has 0 fully saturated rings. The van der Waals surface area contributed by atoms with Gasteiger partial charge in [0.1, 0.15) is 0 Å². The predicted octanol–water partition coefficient (Wildman–Crippen LogP) is 4.60. The fourth-order valence-electron chi connectivity index (χ4n) is 1.70. The highest BCUT2D eigenvalue weighted by molar-refractivity contribution is 5.67. The van der Waals surface area contributed by atoms with Crippen molar-refractivity contribution < 1.29 is 8.78 Å². The van der Waals surface area contributed by atoms with E-state index in [2.05, 4.69) is 0 Å². The van der Waals surface area contributed by atoms with Crippen molar-refractivity contribution in [2.75, 3.05) is 0 Å². The Morgan fingerprint density at radius 1 is 0.875 bits per heavy atom. The van der Waals surface area contributed by atoms with Crippen molar-refractivity contribution in [2.45, 2.75) is 13.3 Å². The molecule has 0 atom stereocenters. The molecule has 0 unspecified atom stereocenters. The monoisotopic (exact) mass is 218 g/mol. The van der Waals surface area contributed by atoms with Crippen LogP contribution in [-0.2, 0) is 0 Å². The molecule has 2 aromatic carbocycles. The molecule has 0 heterocycles. The zero-order valence-electron chi connectivity index (χ0n) is 8.95. The van der Waals surface area contributed by atoms with Gasteiger partial charge in [-0.15, -0.1) is 0 Å². The molecule has 0 nitrogen and oxygen atoms in total. The lowest BCUT2D eigenvalue weighted by Gasteiger charge is -2.06. The van der Waals surface area contributed by atoms with Crippen LogP contribution in [0.4, 0.5) is 8.78 Å². The topological polar surface area (TPSA) is 0 Å². The van der Waals surface area contributed by atoms with Crippen LogP contribution >= 0.6 is 0 Å².